The van der Waals surface area contributed by atoms with Crippen LogP contribution in [0.15, 0.2) is 30.3 Å². The van der Waals surface area contributed by atoms with E-state index < -0.39 is 0 Å². The zero-order valence-corrected chi connectivity index (χ0v) is 12.5. The normalized spacial score (nSPS) is 12.1. The molecule has 1 N–H and O–H groups in total. The van der Waals surface area contributed by atoms with Gasteiger partial charge in [0.1, 0.15) is 5.69 Å². The molecule has 0 spiro atoms. The summed E-state index contributed by atoms with van der Waals surface area (Å²) in [6.07, 6.45) is 0. The first kappa shape index (κ1) is 15.0. The first-order chi connectivity index (χ1) is 10.0. The van der Waals surface area contributed by atoms with Crippen molar-refractivity contribution in [2.45, 2.75) is 33.2 Å². The minimum Gasteiger partial charge on any atom is -0.364 e. The highest BCUT2D eigenvalue weighted by molar-refractivity contribution is 5.59. The van der Waals surface area contributed by atoms with Crippen LogP contribution in [0.2, 0.25) is 0 Å². The molecule has 1 unspecified atom stereocenters. The number of anilines is 1. The molecule has 0 aliphatic heterocycles. The van der Waals surface area contributed by atoms with Gasteiger partial charge in [-0.05, 0) is 25.3 Å². The third kappa shape index (κ3) is 3.21. The van der Waals surface area contributed by atoms with Crippen molar-refractivity contribution >= 4 is 11.5 Å². The molecule has 0 fully saturated rings. The molecule has 1 aromatic carbocycles. The van der Waals surface area contributed by atoms with Gasteiger partial charge in [-0.2, -0.15) is 5.10 Å². The Balaban J connectivity index is 2.18. The summed E-state index contributed by atoms with van der Waals surface area (Å²) in [4.78, 5) is 10.8. The van der Waals surface area contributed by atoms with Crippen LogP contribution in [0, 0.1) is 17.0 Å². The number of nitrogens with zero attached hydrogens (tertiary/aromatic N) is 3. The minimum absolute atomic E-state index is 0.0668. The Morgan fingerprint density at radius 1 is 1.38 bits per heavy atom. The molecule has 0 radical (unpaired) electrons. The first-order valence-corrected chi connectivity index (χ1v) is 7.05. The highest BCUT2D eigenvalue weighted by atomic mass is 16.6. The van der Waals surface area contributed by atoms with E-state index in [9.17, 15) is 10.1 Å². The predicted molar refractivity (Wildman–Crippen MR) is 82.6 cm³/mol. The molecule has 2 rings (SSSR count). The second-order valence-corrected chi connectivity index (χ2v) is 5.05. The number of nitrogens with one attached hydrogen (secondary N) is 1. The lowest BCUT2D eigenvalue weighted by Gasteiger charge is -2.14. The van der Waals surface area contributed by atoms with E-state index in [0.717, 1.165) is 0 Å². The van der Waals surface area contributed by atoms with Crippen LogP contribution in [0.3, 0.4) is 0 Å². The smallest absolute Gasteiger partial charge is 0.333 e. The summed E-state index contributed by atoms with van der Waals surface area (Å²) < 4.78 is 1.64. The van der Waals surface area contributed by atoms with Gasteiger partial charge in [-0.1, -0.05) is 37.3 Å². The van der Waals surface area contributed by atoms with Gasteiger partial charge in [0.2, 0.25) is 5.82 Å². The van der Waals surface area contributed by atoms with Gasteiger partial charge >= 0.3 is 5.69 Å². The van der Waals surface area contributed by atoms with Crippen LogP contribution in [-0.2, 0) is 6.54 Å². The molecule has 0 amide bonds. The van der Waals surface area contributed by atoms with E-state index >= 15 is 0 Å². The number of rotatable bonds is 6. The van der Waals surface area contributed by atoms with Gasteiger partial charge in [-0.25, -0.2) is 4.68 Å². The maximum atomic E-state index is 11.2. The summed E-state index contributed by atoms with van der Waals surface area (Å²) in [5.41, 5.74) is 1.71. The summed E-state index contributed by atoms with van der Waals surface area (Å²) >= 11 is 0. The summed E-state index contributed by atoms with van der Waals surface area (Å²) in [6.45, 7) is 6.89. The Morgan fingerprint density at radius 2 is 2.05 bits per heavy atom. The predicted octanol–water partition coefficient (Wildman–Crippen LogP) is 3.34. The van der Waals surface area contributed by atoms with Crippen LogP contribution in [0.5, 0.6) is 0 Å². The van der Waals surface area contributed by atoms with Crippen molar-refractivity contribution in [3.8, 4) is 0 Å². The van der Waals surface area contributed by atoms with Crippen LogP contribution < -0.4 is 5.32 Å². The fourth-order valence-electron chi connectivity index (χ4n) is 2.34. The number of benzene rings is 1. The molecule has 0 saturated carbocycles. The molecule has 2 aromatic rings. The maximum absolute atomic E-state index is 11.2. The fourth-order valence-corrected chi connectivity index (χ4v) is 2.34. The summed E-state index contributed by atoms with van der Waals surface area (Å²) in [5, 5.41) is 18.6. The number of aromatic nitrogens is 2. The second kappa shape index (κ2) is 6.39. The van der Waals surface area contributed by atoms with Crippen molar-refractivity contribution in [3.63, 3.8) is 0 Å². The Bertz CT molecular complexity index is 622. The first-order valence-electron chi connectivity index (χ1n) is 7.05. The van der Waals surface area contributed by atoms with Gasteiger partial charge in [0.25, 0.3) is 0 Å². The topological polar surface area (TPSA) is 73.0 Å². The molecule has 6 nitrogen and oxygen atoms in total. The van der Waals surface area contributed by atoms with Crippen molar-refractivity contribution in [1.82, 2.24) is 9.78 Å². The van der Waals surface area contributed by atoms with Gasteiger partial charge in [-0.3, -0.25) is 10.1 Å². The quantitative estimate of drug-likeness (QED) is 0.653. The number of nitro groups is 1. The van der Waals surface area contributed by atoms with E-state index in [2.05, 4.69) is 29.5 Å². The lowest BCUT2D eigenvalue weighted by molar-refractivity contribution is -0.384. The molecule has 0 bridgehead atoms. The zero-order valence-electron chi connectivity index (χ0n) is 12.5. The van der Waals surface area contributed by atoms with Crippen molar-refractivity contribution in [2.75, 3.05) is 11.9 Å². The minimum atomic E-state index is -0.371. The standard InChI is InChI=1S/C15H20N4O2/c1-4-18-15(14(19(20)21)12(3)17-18)16-10-11(2)13-8-6-5-7-9-13/h5-9,11,16H,4,10H2,1-3H3. The van der Waals surface area contributed by atoms with E-state index in [0.29, 0.717) is 24.6 Å². The van der Waals surface area contributed by atoms with E-state index in [1.807, 2.05) is 25.1 Å². The lowest BCUT2D eigenvalue weighted by atomic mass is 10.0. The lowest BCUT2D eigenvalue weighted by Crippen LogP contribution is -2.14. The number of aryl methyl sites for hydroxylation is 2. The van der Waals surface area contributed by atoms with Crippen molar-refractivity contribution in [3.05, 3.63) is 51.7 Å². The zero-order chi connectivity index (χ0) is 15.4. The van der Waals surface area contributed by atoms with Crippen molar-refractivity contribution < 1.29 is 4.92 Å². The molecule has 6 heteroatoms. The molecule has 0 aliphatic rings. The van der Waals surface area contributed by atoms with Crippen LogP contribution in [0.4, 0.5) is 11.5 Å². The highest BCUT2D eigenvalue weighted by Gasteiger charge is 2.24. The van der Waals surface area contributed by atoms with Crippen LogP contribution in [-0.4, -0.2) is 21.2 Å². The molecule has 1 atom stereocenters. The Hall–Kier alpha value is -2.37. The third-order valence-electron chi connectivity index (χ3n) is 3.52. The molecular weight excluding hydrogens is 268 g/mol. The monoisotopic (exact) mass is 288 g/mol. The van der Waals surface area contributed by atoms with E-state index in [-0.39, 0.29) is 16.5 Å². The van der Waals surface area contributed by atoms with E-state index in [1.54, 1.807) is 11.6 Å². The van der Waals surface area contributed by atoms with Crippen molar-refractivity contribution in [2.24, 2.45) is 0 Å². The highest BCUT2D eigenvalue weighted by Crippen LogP contribution is 2.29. The molecular formula is C15H20N4O2. The van der Waals surface area contributed by atoms with Gasteiger partial charge in [0, 0.05) is 13.1 Å². The van der Waals surface area contributed by atoms with E-state index in [4.69, 9.17) is 0 Å². The third-order valence-corrected chi connectivity index (χ3v) is 3.52. The summed E-state index contributed by atoms with van der Waals surface area (Å²) in [7, 11) is 0. The molecule has 0 aliphatic carbocycles. The van der Waals surface area contributed by atoms with Gasteiger partial charge in [0.05, 0.1) is 4.92 Å². The number of hydrogen-bond acceptors (Lipinski definition) is 4. The Morgan fingerprint density at radius 3 is 2.62 bits per heavy atom. The van der Waals surface area contributed by atoms with E-state index in [1.165, 1.54) is 5.56 Å². The fraction of sp³-hybridized carbons (Fsp3) is 0.400. The molecule has 112 valence electrons. The van der Waals surface area contributed by atoms with Gasteiger partial charge in [0.15, 0.2) is 0 Å². The Labute approximate surface area is 123 Å². The SMILES string of the molecule is CCn1nc(C)c([N+](=O)[O-])c1NCC(C)c1ccccc1. The molecule has 21 heavy (non-hydrogen) atoms. The number of hydrogen-bond donors (Lipinski definition) is 1. The van der Waals surface area contributed by atoms with Crippen LogP contribution in [0.25, 0.3) is 0 Å². The average Bonchev–Trinajstić information content (AvgIpc) is 2.81. The molecule has 1 heterocycles. The summed E-state index contributed by atoms with van der Waals surface area (Å²) in [6, 6.07) is 10.1. The maximum Gasteiger partial charge on any atom is 0.333 e. The molecule has 0 saturated heterocycles. The van der Waals surface area contributed by atoms with Crippen LogP contribution in [0.1, 0.15) is 31.0 Å². The van der Waals surface area contributed by atoms with Gasteiger partial charge < -0.3 is 5.32 Å². The van der Waals surface area contributed by atoms with Crippen LogP contribution >= 0.6 is 0 Å². The second-order valence-electron chi connectivity index (χ2n) is 5.05. The van der Waals surface area contributed by atoms with Crippen molar-refractivity contribution in [1.29, 1.82) is 0 Å². The largest absolute Gasteiger partial charge is 0.364 e. The Kier molecular flexibility index (Phi) is 4.57. The average molecular weight is 288 g/mol. The molecule has 1 aromatic heterocycles. The van der Waals surface area contributed by atoms with Gasteiger partial charge in [-0.15, -0.1) is 0 Å². The summed E-state index contributed by atoms with van der Waals surface area (Å²) in [5.74, 6) is 0.745.